The van der Waals surface area contributed by atoms with Crippen LogP contribution in [0.25, 0.3) is 0 Å². The van der Waals surface area contributed by atoms with E-state index < -0.39 is 22.8 Å². The third kappa shape index (κ3) is 4.21. The molecular weight excluding hydrogens is 273 g/mol. The number of nitrogens with one attached hydrogen (secondary N) is 1. The standard InChI is InChI=1S/C11H18NO4PS/c1-3-15-17(13,16-4-2)10-18(12,14)11-8-6-5-7-9-11/h5-9,12H,3-4,10H2,1-2H3. The summed E-state index contributed by atoms with van der Waals surface area (Å²) in [4.78, 5) is 0.338. The van der Waals surface area contributed by atoms with Crippen LogP contribution in [0, 0.1) is 4.78 Å². The predicted molar refractivity (Wildman–Crippen MR) is 71.3 cm³/mol. The van der Waals surface area contributed by atoms with Gasteiger partial charge in [-0.1, -0.05) is 18.2 Å². The second-order valence-corrected chi connectivity index (χ2v) is 8.16. The Morgan fingerprint density at radius 3 is 2.11 bits per heavy atom. The molecule has 1 atom stereocenters. The summed E-state index contributed by atoms with van der Waals surface area (Å²) < 4.78 is 42.5. The van der Waals surface area contributed by atoms with E-state index in [-0.39, 0.29) is 13.2 Å². The first-order chi connectivity index (χ1) is 8.43. The maximum atomic E-state index is 12.3. The van der Waals surface area contributed by atoms with Gasteiger partial charge in [-0.3, -0.25) is 4.57 Å². The van der Waals surface area contributed by atoms with Crippen molar-refractivity contribution in [1.82, 2.24) is 0 Å². The van der Waals surface area contributed by atoms with Crippen molar-refractivity contribution < 1.29 is 17.8 Å². The molecule has 0 aliphatic carbocycles. The molecule has 1 unspecified atom stereocenters. The van der Waals surface area contributed by atoms with Crippen molar-refractivity contribution in [1.29, 1.82) is 4.78 Å². The Balaban J connectivity index is 2.97. The van der Waals surface area contributed by atoms with Crippen LogP contribution in [0.15, 0.2) is 35.2 Å². The van der Waals surface area contributed by atoms with E-state index >= 15 is 0 Å². The maximum Gasteiger partial charge on any atom is 0.344 e. The Morgan fingerprint density at radius 1 is 1.17 bits per heavy atom. The van der Waals surface area contributed by atoms with Crippen LogP contribution in [0.5, 0.6) is 0 Å². The van der Waals surface area contributed by atoms with Crippen molar-refractivity contribution in [3.63, 3.8) is 0 Å². The Hall–Kier alpha value is -0.680. The van der Waals surface area contributed by atoms with E-state index in [0.717, 1.165) is 0 Å². The third-order valence-electron chi connectivity index (χ3n) is 2.12. The zero-order chi connectivity index (χ0) is 13.6. The molecule has 0 saturated heterocycles. The minimum atomic E-state index is -3.47. The molecule has 1 aromatic rings. The van der Waals surface area contributed by atoms with Crippen LogP contribution < -0.4 is 0 Å². The molecule has 18 heavy (non-hydrogen) atoms. The summed E-state index contributed by atoms with van der Waals surface area (Å²) in [6, 6.07) is 8.31. The summed E-state index contributed by atoms with van der Waals surface area (Å²) >= 11 is 0. The first-order valence-corrected chi connectivity index (χ1v) is 9.08. The van der Waals surface area contributed by atoms with Gasteiger partial charge in [0.25, 0.3) is 0 Å². The average molecular weight is 291 g/mol. The summed E-state index contributed by atoms with van der Waals surface area (Å²) in [6.45, 7) is 3.75. The molecule has 0 aliphatic rings. The third-order valence-corrected chi connectivity index (χ3v) is 7.17. The summed E-state index contributed by atoms with van der Waals surface area (Å²) in [5.74, 6) is 0. The van der Waals surface area contributed by atoms with Crippen molar-refractivity contribution in [2.75, 3.05) is 18.7 Å². The van der Waals surface area contributed by atoms with Crippen molar-refractivity contribution in [3.05, 3.63) is 30.3 Å². The topological polar surface area (TPSA) is 76.5 Å². The summed E-state index contributed by atoms with van der Waals surface area (Å²) in [6.07, 6.45) is 0. The van der Waals surface area contributed by atoms with Crippen LogP contribution in [0.4, 0.5) is 0 Å². The first-order valence-electron chi connectivity index (χ1n) is 5.63. The van der Waals surface area contributed by atoms with Crippen molar-refractivity contribution >= 4 is 17.3 Å². The average Bonchev–Trinajstić information content (AvgIpc) is 2.29. The molecule has 0 radical (unpaired) electrons. The number of hydrogen-bond acceptors (Lipinski definition) is 5. The lowest BCUT2D eigenvalue weighted by molar-refractivity contribution is 0.224. The molecule has 7 heteroatoms. The van der Waals surface area contributed by atoms with Gasteiger partial charge in [-0.15, -0.1) is 0 Å². The highest BCUT2D eigenvalue weighted by Gasteiger charge is 2.30. The van der Waals surface area contributed by atoms with Crippen LogP contribution in [0.2, 0.25) is 0 Å². The van der Waals surface area contributed by atoms with Gasteiger partial charge >= 0.3 is 7.60 Å². The lowest BCUT2D eigenvalue weighted by Gasteiger charge is -2.18. The summed E-state index contributed by atoms with van der Waals surface area (Å²) in [5.41, 5.74) is -0.411. The number of rotatable bonds is 7. The molecule has 1 N–H and O–H groups in total. The fourth-order valence-electron chi connectivity index (χ4n) is 1.44. The van der Waals surface area contributed by atoms with E-state index in [9.17, 15) is 8.77 Å². The van der Waals surface area contributed by atoms with Gasteiger partial charge in [0.05, 0.1) is 22.9 Å². The largest absolute Gasteiger partial charge is 0.344 e. The van der Waals surface area contributed by atoms with Gasteiger partial charge in [0.15, 0.2) is 0 Å². The Kier molecular flexibility index (Phi) is 5.53. The van der Waals surface area contributed by atoms with Crippen LogP contribution >= 0.6 is 7.60 Å². The van der Waals surface area contributed by atoms with E-state index in [4.69, 9.17) is 13.8 Å². The molecule has 0 spiro atoms. The highest BCUT2D eigenvalue weighted by Crippen LogP contribution is 2.50. The molecule has 0 bridgehead atoms. The zero-order valence-electron chi connectivity index (χ0n) is 10.5. The van der Waals surface area contributed by atoms with Gasteiger partial charge in [0.1, 0.15) is 5.49 Å². The van der Waals surface area contributed by atoms with Gasteiger partial charge in [-0.2, -0.15) is 0 Å². The highest BCUT2D eigenvalue weighted by atomic mass is 32.2. The van der Waals surface area contributed by atoms with Crippen LogP contribution in [0.3, 0.4) is 0 Å². The molecule has 1 rings (SSSR count). The lowest BCUT2D eigenvalue weighted by atomic mass is 10.4. The molecule has 0 fully saturated rings. The van der Waals surface area contributed by atoms with Crippen LogP contribution in [-0.4, -0.2) is 22.9 Å². The van der Waals surface area contributed by atoms with E-state index in [0.29, 0.717) is 4.90 Å². The van der Waals surface area contributed by atoms with E-state index in [1.165, 1.54) is 0 Å². The zero-order valence-corrected chi connectivity index (χ0v) is 12.2. The quantitative estimate of drug-likeness (QED) is 0.782. The molecule has 0 heterocycles. The van der Waals surface area contributed by atoms with Gasteiger partial charge in [0, 0.05) is 4.90 Å². The molecule has 0 aromatic heterocycles. The highest BCUT2D eigenvalue weighted by molar-refractivity contribution is 7.98. The Bertz CT molecular complexity index is 505. The Labute approximate surface area is 108 Å². The molecule has 0 aliphatic heterocycles. The second kappa shape index (κ2) is 6.48. The fourth-order valence-corrected chi connectivity index (χ4v) is 5.87. The molecular formula is C11H18NO4PS. The fraction of sp³-hybridized carbons (Fsp3) is 0.455. The number of benzene rings is 1. The van der Waals surface area contributed by atoms with Gasteiger partial charge in [-0.25, -0.2) is 8.99 Å². The normalized spacial score (nSPS) is 15.2. The Morgan fingerprint density at radius 2 is 1.67 bits per heavy atom. The van der Waals surface area contributed by atoms with E-state index in [1.54, 1.807) is 44.2 Å². The van der Waals surface area contributed by atoms with Gasteiger partial charge < -0.3 is 9.05 Å². The van der Waals surface area contributed by atoms with Crippen molar-refractivity contribution in [3.8, 4) is 0 Å². The molecule has 0 amide bonds. The monoisotopic (exact) mass is 291 g/mol. The SMILES string of the molecule is CCOP(=O)(CS(=N)(=O)c1ccccc1)OCC. The summed E-state index contributed by atoms with van der Waals surface area (Å²) in [7, 11) is -6.64. The first kappa shape index (κ1) is 15.4. The van der Waals surface area contributed by atoms with Crippen molar-refractivity contribution in [2.45, 2.75) is 18.7 Å². The minimum Gasteiger partial charge on any atom is -0.308 e. The van der Waals surface area contributed by atoms with E-state index in [1.807, 2.05) is 0 Å². The van der Waals surface area contributed by atoms with Crippen LogP contribution in [0.1, 0.15) is 13.8 Å². The molecule has 1 aromatic carbocycles. The van der Waals surface area contributed by atoms with Crippen LogP contribution in [-0.2, 0) is 23.3 Å². The lowest BCUT2D eigenvalue weighted by Crippen LogP contribution is -2.09. The summed E-state index contributed by atoms with van der Waals surface area (Å²) in [5, 5.41) is 0. The van der Waals surface area contributed by atoms with Gasteiger partial charge in [0.2, 0.25) is 0 Å². The van der Waals surface area contributed by atoms with Gasteiger partial charge in [-0.05, 0) is 26.0 Å². The molecule has 0 saturated carbocycles. The predicted octanol–water partition coefficient (Wildman–Crippen LogP) is 3.32. The maximum absolute atomic E-state index is 12.3. The number of hydrogen-bond donors (Lipinski definition) is 1. The minimum absolute atomic E-state index is 0.196. The van der Waals surface area contributed by atoms with Crippen molar-refractivity contribution in [2.24, 2.45) is 0 Å². The second-order valence-electron chi connectivity index (χ2n) is 3.56. The smallest absolute Gasteiger partial charge is 0.308 e. The molecule has 5 nitrogen and oxygen atoms in total. The van der Waals surface area contributed by atoms with E-state index in [2.05, 4.69) is 0 Å². The molecule has 102 valence electrons.